The van der Waals surface area contributed by atoms with Crippen molar-refractivity contribution in [1.82, 2.24) is 0 Å². The van der Waals surface area contributed by atoms with Gasteiger partial charge in [0, 0.05) is 0 Å². The van der Waals surface area contributed by atoms with Gasteiger partial charge in [0.15, 0.2) is 0 Å². The lowest BCUT2D eigenvalue weighted by molar-refractivity contribution is 1.75. The fourth-order valence-electron chi connectivity index (χ4n) is 2.44. The van der Waals surface area contributed by atoms with E-state index in [0.717, 1.165) is 0 Å². The minimum Gasteiger partial charge on any atom is -0.0634 e. The molecule has 0 saturated carbocycles. The van der Waals surface area contributed by atoms with Gasteiger partial charge in [-0.1, -0.05) is 106 Å². The lowest BCUT2D eigenvalue weighted by Crippen LogP contribution is -2.31. The van der Waals surface area contributed by atoms with Gasteiger partial charge in [0.05, 0.1) is 19.0 Å². The van der Waals surface area contributed by atoms with Gasteiger partial charge in [-0.05, 0) is 0 Å². The van der Waals surface area contributed by atoms with Crippen LogP contribution in [0.25, 0.3) is 0 Å². The van der Waals surface area contributed by atoms with Gasteiger partial charge in [-0.3, -0.25) is 0 Å². The molecule has 0 amide bonds. The Bertz CT molecular complexity index is 586. The number of rotatable bonds is 4. The van der Waals surface area contributed by atoms with E-state index in [1.807, 2.05) is 0 Å². The van der Waals surface area contributed by atoms with Crippen LogP contribution in [0.4, 0.5) is 0 Å². The first-order valence-electron chi connectivity index (χ1n) is 7.06. The number of benzene rings is 3. The highest BCUT2D eigenvalue weighted by atomic mass is 28.2. The standard InChI is InChI=1S/C18H18Si2/c1-3-7-15(8-4-1)19-17-11-13-18(14-12-17)20-16-9-5-2-6-10-16/h1-14H,19-20H2. The smallest absolute Gasteiger partial charge is 0.0634 e. The molecule has 0 radical (unpaired) electrons. The van der Waals surface area contributed by atoms with Gasteiger partial charge in [-0.2, -0.15) is 0 Å². The van der Waals surface area contributed by atoms with Gasteiger partial charge in [-0.25, -0.2) is 0 Å². The van der Waals surface area contributed by atoms with E-state index in [1.54, 1.807) is 0 Å². The highest BCUT2D eigenvalue weighted by molar-refractivity contribution is 6.69. The Hall–Kier alpha value is -1.91. The predicted octanol–water partition coefficient (Wildman–Crippen LogP) is -0.0742. The summed E-state index contributed by atoms with van der Waals surface area (Å²) in [5, 5.41) is 6.09. The first-order valence-corrected chi connectivity index (χ1v) is 9.89. The average molecular weight is 291 g/mol. The third-order valence-corrected chi connectivity index (χ3v) is 7.04. The lowest BCUT2D eigenvalue weighted by atomic mass is 10.3. The molecule has 3 aromatic carbocycles. The predicted molar refractivity (Wildman–Crippen MR) is 95.0 cm³/mol. The highest BCUT2D eigenvalue weighted by Gasteiger charge is 1.99. The summed E-state index contributed by atoms with van der Waals surface area (Å²) in [6, 6.07) is 31.1. The van der Waals surface area contributed by atoms with E-state index in [-0.39, 0.29) is 19.0 Å². The van der Waals surface area contributed by atoms with E-state index < -0.39 is 0 Å². The van der Waals surface area contributed by atoms with E-state index >= 15 is 0 Å². The fourth-order valence-corrected chi connectivity index (χ4v) is 5.34. The summed E-state index contributed by atoms with van der Waals surface area (Å²) in [6.45, 7) is 0. The van der Waals surface area contributed by atoms with Crippen molar-refractivity contribution in [2.24, 2.45) is 0 Å². The van der Waals surface area contributed by atoms with E-state index in [2.05, 4.69) is 84.9 Å². The molecule has 0 nitrogen and oxygen atoms in total. The van der Waals surface area contributed by atoms with Crippen molar-refractivity contribution in [3.63, 3.8) is 0 Å². The van der Waals surface area contributed by atoms with Crippen LogP contribution >= 0.6 is 0 Å². The van der Waals surface area contributed by atoms with Crippen molar-refractivity contribution < 1.29 is 0 Å². The molecular weight excluding hydrogens is 272 g/mol. The summed E-state index contributed by atoms with van der Waals surface area (Å²) in [6.07, 6.45) is 0. The van der Waals surface area contributed by atoms with Crippen LogP contribution in [0.2, 0.25) is 0 Å². The van der Waals surface area contributed by atoms with E-state index in [9.17, 15) is 0 Å². The second-order valence-electron chi connectivity index (χ2n) is 5.14. The molecule has 0 aliphatic rings. The molecule has 0 heterocycles. The fraction of sp³-hybridized carbons (Fsp3) is 0. The quantitative estimate of drug-likeness (QED) is 0.590. The Morgan fingerprint density at radius 2 is 0.650 bits per heavy atom. The van der Waals surface area contributed by atoms with Gasteiger partial charge in [0.2, 0.25) is 0 Å². The summed E-state index contributed by atoms with van der Waals surface area (Å²) < 4.78 is 0. The maximum absolute atomic E-state index is 2.34. The van der Waals surface area contributed by atoms with Crippen LogP contribution in [0.15, 0.2) is 84.9 Å². The van der Waals surface area contributed by atoms with Crippen molar-refractivity contribution in [3.8, 4) is 0 Å². The maximum Gasteiger partial charge on any atom is 0.0875 e. The monoisotopic (exact) mass is 290 g/mol. The lowest BCUT2D eigenvalue weighted by Gasteiger charge is -2.04. The second-order valence-corrected chi connectivity index (χ2v) is 9.11. The van der Waals surface area contributed by atoms with Crippen molar-refractivity contribution in [3.05, 3.63) is 84.9 Å². The SMILES string of the molecule is c1ccc([SiH2]c2ccc([SiH2]c3ccccc3)cc2)cc1. The molecule has 98 valence electrons. The minimum atomic E-state index is -0.305. The molecule has 2 heteroatoms. The Labute approximate surface area is 125 Å². The van der Waals surface area contributed by atoms with Gasteiger partial charge >= 0.3 is 0 Å². The normalized spacial score (nSPS) is 11.6. The molecule has 3 rings (SSSR count). The highest BCUT2D eigenvalue weighted by Crippen LogP contribution is 1.86. The molecule has 0 aliphatic carbocycles. The van der Waals surface area contributed by atoms with Crippen LogP contribution in [-0.4, -0.2) is 19.0 Å². The third kappa shape index (κ3) is 3.56. The number of hydrogen-bond donors (Lipinski definition) is 0. The summed E-state index contributed by atoms with van der Waals surface area (Å²) in [7, 11) is -0.610. The Balaban J connectivity index is 1.69. The first kappa shape index (κ1) is 13.1. The molecule has 0 aromatic heterocycles. The molecule has 0 spiro atoms. The van der Waals surface area contributed by atoms with E-state index in [1.165, 1.54) is 20.7 Å². The van der Waals surface area contributed by atoms with Gasteiger partial charge < -0.3 is 0 Å². The number of hydrogen-bond acceptors (Lipinski definition) is 0. The first-order chi connectivity index (χ1) is 9.90. The van der Waals surface area contributed by atoms with Crippen molar-refractivity contribution in [1.29, 1.82) is 0 Å². The zero-order valence-corrected chi connectivity index (χ0v) is 14.3. The van der Waals surface area contributed by atoms with Crippen molar-refractivity contribution >= 4 is 39.8 Å². The summed E-state index contributed by atoms with van der Waals surface area (Å²) in [5.74, 6) is 0. The average Bonchev–Trinajstić information content (AvgIpc) is 2.51. The van der Waals surface area contributed by atoms with Crippen LogP contribution in [0.1, 0.15) is 0 Å². The van der Waals surface area contributed by atoms with Crippen molar-refractivity contribution in [2.75, 3.05) is 0 Å². The molecule has 0 bridgehead atoms. The van der Waals surface area contributed by atoms with E-state index in [4.69, 9.17) is 0 Å². The van der Waals surface area contributed by atoms with Crippen LogP contribution < -0.4 is 20.7 Å². The van der Waals surface area contributed by atoms with E-state index in [0.29, 0.717) is 0 Å². The molecule has 0 atom stereocenters. The van der Waals surface area contributed by atoms with Crippen LogP contribution in [0, 0.1) is 0 Å². The summed E-state index contributed by atoms with van der Waals surface area (Å²) in [5.41, 5.74) is 0. The minimum absolute atomic E-state index is 0.305. The molecule has 0 N–H and O–H groups in total. The third-order valence-electron chi connectivity index (χ3n) is 3.53. The summed E-state index contributed by atoms with van der Waals surface area (Å²) >= 11 is 0. The Morgan fingerprint density at radius 3 is 1.00 bits per heavy atom. The van der Waals surface area contributed by atoms with Crippen LogP contribution in [0.3, 0.4) is 0 Å². The van der Waals surface area contributed by atoms with Crippen LogP contribution in [-0.2, 0) is 0 Å². The molecule has 0 fully saturated rings. The molecule has 3 aromatic rings. The van der Waals surface area contributed by atoms with Gasteiger partial charge in [0.1, 0.15) is 0 Å². The largest absolute Gasteiger partial charge is 0.0875 e. The second kappa shape index (κ2) is 6.50. The van der Waals surface area contributed by atoms with Gasteiger partial charge in [-0.15, -0.1) is 0 Å². The topological polar surface area (TPSA) is 0 Å². The molecule has 0 aliphatic heterocycles. The maximum atomic E-state index is 2.34. The zero-order chi connectivity index (χ0) is 13.6. The zero-order valence-electron chi connectivity index (χ0n) is 11.5. The van der Waals surface area contributed by atoms with Gasteiger partial charge in [0.25, 0.3) is 0 Å². The Morgan fingerprint density at radius 1 is 0.350 bits per heavy atom. The van der Waals surface area contributed by atoms with Crippen molar-refractivity contribution in [2.45, 2.75) is 0 Å². The Kier molecular flexibility index (Phi) is 4.26. The summed E-state index contributed by atoms with van der Waals surface area (Å²) in [4.78, 5) is 0. The molecule has 0 unspecified atom stereocenters. The molecule has 0 saturated heterocycles. The molecular formula is C18H18Si2. The molecule has 20 heavy (non-hydrogen) atoms. The van der Waals surface area contributed by atoms with Crippen LogP contribution in [0.5, 0.6) is 0 Å².